The number of nitriles is 1. The second-order valence-electron chi connectivity index (χ2n) is 5.36. The first-order valence-corrected chi connectivity index (χ1v) is 7.12. The molecule has 0 amide bonds. The van der Waals surface area contributed by atoms with E-state index < -0.39 is 11.7 Å². The average Bonchev–Trinajstić information content (AvgIpc) is 2.54. The van der Waals surface area contributed by atoms with Crippen molar-refractivity contribution < 1.29 is 13.2 Å². The molecule has 0 aliphatic heterocycles. The molecule has 0 atom stereocenters. The molecule has 24 heavy (non-hydrogen) atoms. The molecule has 0 saturated carbocycles. The van der Waals surface area contributed by atoms with Crippen LogP contribution in [0.5, 0.6) is 0 Å². The van der Waals surface area contributed by atoms with Crippen LogP contribution >= 0.6 is 0 Å². The molecule has 0 unspecified atom stereocenters. The molecule has 1 N–H and O–H groups in total. The molecule has 0 saturated heterocycles. The van der Waals surface area contributed by atoms with Crippen LogP contribution in [0, 0.1) is 18.3 Å². The molecule has 1 aromatic heterocycles. The smallest absolute Gasteiger partial charge is 0.355 e. The lowest BCUT2D eigenvalue weighted by atomic mass is 10.1. The summed E-state index contributed by atoms with van der Waals surface area (Å²) in [5.41, 5.74) is 2.10. The van der Waals surface area contributed by atoms with Crippen LogP contribution < -0.4 is 5.32 Å². The fourth-order valence-electron chi connectivity index (χ4n) is 2.42. The van der Waals surface area contributed by atoms with E-state index in [0.29, 0.717) is 22.3 Å². The Balaban J connectivity index is 2.05. The van der Waals surface area contributed by atoms with Crippen LogP contribution in [0.15, 0.2) is 48.5 Å². The number of halogens is 3. The summed E-state index contributed by atoms with van der Waals surface area (Å²) in [6.45, 7) is 1.73. The van der Waals surface area contributed by atoms with Crippen molar-refractivity contribution >= 4 is 22.3 Å². The van der Waals surface area contributed by atoms with Crippen molar-refractivity contribution in [2.45, 2.75) is 13.1 Å². The van der Waals surface area contributed by atoms with Gasteiger partial charge >= 0.3 is 6.18 Å². The topological polar surface area (TPSA) is 48.7 Å². The van der Waals surface area contributed by atoms with Gasteiger partial charge in [-0.15, -0.1) is 0 Å². The lowest BCUT2D eigenvalue weighted by molar-refractivity contribution is -0.137. The van der Waals surface area contributed by atoms with Crippen LogP contribution in [0.1, 0.15) is 16.8 Å². The second-order valence-corrected chi connectivity index (χ2v) is 5.36. The monoisotopic (exact) mass is 327 g/mol. The molecule has 2 aromatic carbocycles. The Hall–Kier alpha value is -3.07. The van der Waals surface area contributed by atoms with Gasteiger partial charge in [-0.25, -0.2) is 0 Å². The van der Waals surface area contributed by atoms with Gasteiger partial charge in [0.2, 0.25) is 0 Å². The largest absolute Gasteiger partial charge is 0.416 e. The molecule has 3 rings (SSSR count). The van der Waals surface area contributed by atoms with Crippen molar-refractivity contribution in [1.82, 2.24) is 4.98 Å². The van der Waals surface area contributed by atoms with Gasteiger partial charge in [-0.1, -0.05) is 6.07 Å². The Morgan fingerprint density at radius 1 is 1.04 bits per heavy atom. The first kappa shape index (κ1) is 15.8. The maximum absolute atomic E-state index is 12.9. The van der Waals surface area contributed by atoms with Crippen LogP contribution in [0.4, 0.5) is 24.5 Å². The summed E-state index contributed by atoms with van der Waals surface area (Å²) in [6.07, 6.45) is -4.40. The van der Waals surface area contributed by atoms with Gasteiger partial charge in [0.05, 0.1) is 22.7 Å². The van der Waals surface area contributed by atoms with Gasteiger partial charge in [0.15, 0.2) is 0 Å². The van der Waals surface area contributed by atoms with E-state index in [9.17, 15) is 13.2 Å². The van der Waals surface area contributed by atoms with Crippen LogP contribution in [0.25, 0.3) is 10.9 Å². The Morgan fingerprint density at radius 2 is 1.75 bits per heavy atom. The number of nitrogens with one attached hydrogen (secondary N) is 1. The van der Waals surface area contributed by atoms with Gasteiger partial charge in [-0.3, -0.25) is 4.98 Å². The second kappa shape index (κ2) is 5.85. The van der Waals surface area contributed by atoms with Gasteiger partial charge in [0, 0.05) is 22.5 Å². The minimum Gasteiger partial charge on any atom is -0.355 e. The fourth-order valence-corrected chi connectivity index (χ4v) is 2.42. The molecular formula is C18H12F3N3. The van der Waals surface area contributed by atoms with Crippen molar-refractivity contribution in [3.63, 3.8) is 0 Å². The number of anilines is 2. The molecule has 0 spiro atoms. The van der Waals surface area contributed by atoms with E-state index in [1.165, 1.54) is 6.07 Å². The summed E-state index contributed by atoms with van der Waals surface area (Å²) in [4.78, 5) is 4.20. The summed E-state index contributed by atoms with van der Waals surface area (Å²) in [5.74, 6) is 0. The van der Waals surface area contributed by atoms with Gasteiger partial charge < -0.3 is 5.32 Å². The van der Waals surface area contributed by atoms with Gasteiger partial charge in [-0.2, -0.15) is 18.4 Å². The van der Waals surface area contributed by atoms with E-state index in [-0.39, 0.29) is 5.52 Å². The van der Waals surface area contributed by atoms with Crippen molar-refractivity contribution in [3.8, 4) is 6.07 Å². The van der Waals surface area contributed by atoms with Crippen LogP contribution in [-0.4, -0.2) is 4.98 Å². The maximum atomic E-state index is 12.9. The number of rotatable bonds is 2. The number of aryl methyl sites for hydroxylation is 1. The predicted molar refractivity (Wildman–Crippen MR) is 85.9 cm³/mol. The molecule has 3 aromatic rings. The molecular weight excluding hydrogens is 315 g/mol. The van der Waals surface area contributed by atoms with E-state index in [1.807, 2.05) is 6.07 Å². The SMILES string of the molecule is Cc1cc(Nc2ccc(C#N)cc2)c2ccc(C(F)(F)F)cc2n1. The highest BCUT2D eigenvalue weighted by atomic mass is 19.4. The normalized spacial score (nSPS) is 11.3. The Kier molecular flexibility index (Phi) is 3.86. The third-order valence-electron chi connectivity index (χ3n) is 3.56. The summed E-state index contributed by atoms with van der Waals surface area (Å²) in [5, 5.41) is 12.6. The molecule has 0 aliphatic carbocycles. The molecule has 0 radical (unpaired) electrons. The third kappa shape index (κ3) is 3.15. The van der Waals surface area contributed by atoms with Crippen LogP contribution in [0.3, 0.4) is 0 Å². The quantitative estimate of drug-likeness (QED) is 0.706. The molecule has 0 bridgehead atoms. The van der Waals surface area contributed by atoms with E-state index in [0.717, 1.165) is 17.8 Å². The lowest BCUT2D eigenvalue weighted by Gasteiger charge is -2.13. The summed E-state index contributed by atoms with van der Waals surface area (Å²) in [6, 6.07) is 14.1. The van der Waals surface area contributed by atoms with E-state index >= 15 is 0 Å². The number of alkyl halides is 3. The highest BCUT2D eigenvalue weighted by Gasteiger charge is 2.30. The number of hydrogen-bond donors (Lipinski definition) is 1. The van der Waals surface area contributed by atoms with Gasteiger partial charge in [-0.05, 0) is 49.4 Å². The number of pyridine rings is 1. The zero-order valence-corrected chi connectivity index (χ0v) is 12.6. The predicted octanol–water partition coefficient (Wildman–Crippen LogP) is 5.18. The minimum atomic E-state index is -4.40. The molecule has 6 heteroatoms. The van der Waals surface area contributed by atoms with Gasteiger partial charge in [0.25, 0.3) is 0 Å². The molecule has 120 valence electrons. The van der Waals surface area contributed by atoms with Crippen molar-refractivity contribution in [1.29, 1.82) is 5.26 Å². The molecule has 3 nitrogen and oxygen atoms in total. The molecule has 1 heterocycles. The molecule has 0 fully saturated rings. The van der Waals surface area contributed by atoms with Crippen molar-refractivity contribution in [2.75, 3.05) is 5.32 Å². The summed E-state index contributed by atoms with van der Waals surface area (Å²) >= 11 is 0. The van der Waals surface area contributed by atoms with Crippen molar-refractivity contribution in [3.05, 3.63) is 65.4 Å². The minimum absolute atomic E-state index is 0.279. The van der Waals surface area contributed by atoms with Crippen LogP contribution in [0.2, 0.25) is 0 Å². The lowest BCUT2D eigenvalue weighted by Crippen LogP contribution is -2.05. The Bertz CT molecular complexity index is 939. The highest BCUT2D eigenvalue weighted by molar-refractivity contribution is 5.93. The third-order valence-corrected chi connectivity index (χ3v) is 3.56. The summed E-state index contributed by atoms with van der Waals surface area (Å²) < 4.78 is 38.6. The van der Waals surface area contributed by atoms with Crippen molar-refractivity contribution in [2.24, 2.45) is 0 Å². The van der Waals surface area contributed by atoms with E-state index in [2.05, 4.69) is 10.3 Å². The number of nitrogens with zero attached hydrogens (tertiary/aromatic N) is 2. The fraction of sp³-hybridized carbons (Fsp3) is 0.111. The first-order chi connectivity index (χ1) is 11.4. The van der Waals surface area contributed by atoms with Gasteiger partial charge in [0.1, 0.15) is 0 Å². The number of hydrogen-bond acceptors (Lipinski definition) is 3. The molecule has 0 aliphatic rings. The number of fused-ring (bicyclic) bond motifs is 1. The number of benzene rings is 2. The highest BCUT2D eigenvalue weighted by Crippen LogP contribution is 2.33. The summed E-state index contributed by atoms with van der Waals surface area (Å²) in [7, 11) is 0. The standard InChI is InChI=1S/C18H12F3N3/c1-11-8-16(24-14-5-2-12(10-22)3-6-14)15-7-4-13(18(19,20)21)9-17(15)23-11/h2-9H,1H3,(H,23,24). The van der Waals surface area contributed by atoms with E-state index in [1.54, 1.807) is 37.3 Å². The Labute approximate surface area is 136 Å². The maximum Gasteiger partial charge on any atom is 0.416 e. The zero-order chi connectivity index (χ0) is 17.3. The van der Waals surface area contributed by atoms with Crippen LogP contribution in [-0.2, 0) is 6.18 Å². The number of aromatic nitrogens is 1. The van der Waals surface area contributed by atoms with E-state index in [4.69, 9.17) is 5.26 Å². The average molecular weight is 327 g/mol. The first-order valence-electron chi connectivity index (χ1n) is 7.12. The zero-order valence-electron chi connectivity index (χ0n) is 12.6. The Morgan fingerprint density at radius 3 is 2.38 bits per heavy atom.